The first-order valence-corrected chi connectivity index (χ1v) is 12.0. The monoisotopic (exact) mass is 436 g/mol. The summed E-state index contributed by atoms with van der Waals surface area (Å²) < 4.78 is 5.76. The Morgan fingerprint density at radius 2 is 1.53 bits per heavy atom. The van der Waals surface area contributed by atoms with Gasteiger partial charge in [0.05, 0.1) is 6.61 Å². The summed E-state index contributed by atoms with van der Waals surface area (Å²) >= 11 is 0. The second kappa shape index (κ2) is 12.3. The average molecular weight is 437 g/mol. The van der Waals surface area contributed by atoms with Crippen LogP contribution in [0.15, 0.2) is 48.5 Å². The van der Waals surface area contributed by atoms with E-state index in [0.29, 0.717) is 29.3 Å². The van der Waals surface area contributed by atoms with Crippen LogP contribution in [0.25, 0.3) is 0 Å². The van der Waals surface area contributed by atoms with Crippen LogP contribution in [0.2, 0.25) is 0 Å². The molecule has 32 heavy (non-hydrogen) atoms. The first-order valence-electron chi connectivity index (χ1n) is 12.0. The summed E-state index contributed by atoms with van der Waals surface area (Å²) in [5.74, 6) is 1.36. The van der Waals surface area contributed by atoms with Crippen molar-refractivity contribution in [2.45, 2.75) is 58.8 Å². The fraction of sp³-hybridized carbons (Fsp3) is 0.481. The van der Waals surface area contributed by atoms with E-state index >= 15 is 0 Å². The molecule has 5 heteroatoms. The quantitative estimate of drug-likeness (QED) is 0.454. The van der Waals surface area contributed by atoms with E-state index in [2.05, 4.69) is 19.2 Å². The van der Waals surface area contributed by atoms with Gasteiger partial charge in [0, 0.05) is 29.9 Å². The van der Waals surface area contributed by atoms with Crippen molar-refractivity contribution in [3.63, 3.8) is 0 Å². The number of amides is 2. The second-order valence-electron chi connectivity index (χ2n) is 8.79. The molecule has 1 aliphatic rings. The number of piperidine rings is 1. The molecule has 2 aromatic rings. The molecule has 2 aromatic carbocycles. The normalized spacial score (nSPS) is 14.2. The van der Waals surface area contributed by atoms with Crippen LogP contribution in [-0.2, 0) is 0 Å². The Labute approximate surface area is 192 Å². The third-order valence-corrected chi connectivity index (χ3v) is 6.09. The summed E-state index contributed by atoms with van der Waals surface area (Å²) in [6.07, 6.45) is 8.13. The average Bonchev–Trinajstić information content (AvgIpc) is 2.82. The van der Waals surface area contributed by atoms with Crippen molar-refractivity contribution in [3.05, 3.63) is 59.7 Å². The molecule has 1 aliphatic heterocycles. The van der Waals surface area contributed by atoms with Crippen LogP contribution < -0.4 is 10.1 Å². The molecule has 0 atom stereocenters. The summed E-state index contributed by atoms with van der Waals surface area (Å²) in [5.41, 5.74) is 1.91. The fourth-order valence-electron chi connectivity index (χ4n) is 3.89. The number of ether oxygens (including phenoxy) is 1. The first-order chi connectivity index (χ1) is 15.6. The van der Waals surface area contributed by atoms with Gasteiger partial charge < -0.3 is 15.0 Å². The lowest BCUT2D eigenvalue weighted by Crippen LogP contribution is -2.37. The predicted molar refractivity (Wildman–Crippen MR) is 129 cm³/mol. The molecule has 0 unspecified atom stereocenters. The van der Waals surface area contributed by atoms with Crippen molar-refractivity contribution in [1.82, 2.24) is 4.90 Å². The number of nitrogens with one attached hydrogen (secondary N) is 1. The van der Waals surface area contributed by atoms with Crippen molar-refractivity contribution in [3.8, 4) is 5.75 Å². The molecule has 1 fully saturated rings. The summed E-state index contributed by atoms with van der Waals surface area (Å²) in [4.78, 5) is 27.1. The largest absolute Gasteiger partial charge is 0.494 e. The van der Waals surface area contributed by atoms with E-state index < -0.39 is 0 Å². The third kappa shape index (κ3) is 7.11. The fourth-order valence-corrected chi connectivity index (χ4v) is 3.89. The minimum absolute atomic E-state index is 0.0655. The molecule has 1 saturated heterocycles. The van der Waals surface area contributed by atoms with Gasteiger partial charge in [-0.25, -0.2) is 0 Å². The molecule has 1 N–H and O–H groups in total. The first kappa shape index (κ1) is 23.8. The Morgan fingerprint density at radius 3 is 2.19 bits per heavy atom. The molecule has 2 amide bonds. The maximum Gasteiger partial charge on any atom is 0.255 e. The molecule has 0 saturated carbocycles. The highest BCUT2D eigenvalue weighted by Crippen LogP contribution is 2.20. The zero-order valence-electron chi connectivity index (χ0n) is 19.4. The van der Waals surface area contributed by atoms with Crippen LogP contribution in [0, 0.1) is 5.92 Å². The zero-order valence-corrected chi connectivity index (χ0v) is 19.4. The van der Waals surface area contributed by atoms with Gasteiger partial charge in [0.1, 0.15) is 5.75 Å². The Hall–Kier alpha value is -2.82. The van der Waals surface area contributed by atoms with Gasteiger partial charge in [-0.1, -0.05) is 39.5 Å². The van der Waals surface area contributed by atoms with E-state index in [9.17, 15) is 9.59 Å². The number of likely N-dealkylation sites (tertiary alicyclic amines) is 1. The number of benzene rings is 2. The summed E-state index contributed by atoms with van der Waals surface area (Å²) in [6.45, 7) is 6.78. The van der Waals surface area contributed by atoms with Gasteiger partial charge in [0.15, 0.2) is 0 Å². The molecule has 1 heterocycles. The minimum atomic E-state index is -0.180. The van der Waals surface area contributed by atoms with E-state index in [-0.39, 0.29) is 11.8 Å². The van der Waals surface area contributed by atoms with Gasteiger partial charge in [-0.3, -0.25) is 9.59 Å². The van der Waals surface area contributed by atoms with Gasteiger partial charge >= 0.3 is 0 Å². The lowest BCUT2D eigenvalue weighted by atomic mass is 9.98. The molecule has 0 spiro atoms. The van der Waals surface area contributed by atoms with Crippen LogP contribution in [0.5, 0.6) is 5.75 Å². The number of hydrogen-bond donors (Lipinski definition) is 1. The van der Waals surface area contributed by atoms with Crippen molar-refractivity contribution in [1.29, 1.82) is 0 Å². The lowest BCUT2D eigenvalue weighted by molar-refractivity contribution is 0.0697. The van der Waals surface area contributed by atoms with Crippen LogP contribution in [-0.4, -0.2) is 36.4 Å². The molecule has 0 aromatic heterocycles. The van der Waals surface area contributed by atoms with Gasteiger partial charge in [0.25, 0.3) is 11.8 Å². The highest BCUT2D eigenvalue weighted by Gasteiger charge is 2.21. The predicted octanol–water partition coefficient (Wildman–Crippen LogP) is 6.16. The van der Waals surface area contributed by atoms with E-state index in [4.69, 9.17) is 4.74 Å². The van der Waals surface area contributed by atoms with E-state index in [1.165, 1.54) is 25.7 Å². The smallest absolute Gasteiger partial charge is 0.255 e. The number of unbranched alkanes of at least 4 members (excludes halogenated alkanes) is 4. The molecule has 0 aliphatic carbocycles. The second-order valence-corrected chi connectivity index (χ2v) is 8.79. The highest BCUT2D eigenvalue weighted by atomic mass is 16.5. The topological polar surface area (TPSA) is 58.6 Å². The van der Waals surface area contributed by atoms with Gasteiger partial charge in [0.2, 0.25) is 0 Å². The number of hydrogen-bond acceptors (Lipinski definition) is 3. The molecule has 3 rings (SSSR count). The zero-order chi connectivity index (χ0) is 22.8. The van der Waals surface area contributed by atoms with E-state index in [1.54, 1.807) is 36.4 Å². The SMILES string of the molecule is CCCCCCCOc1ccc(C(=O)Nc2ccc(C(=O)N3CCC(C)CC3)cc2)cc1. The van der Waals surface area contributed by atoms with Crippen molar-refractivity contribution >= 4 is 17.5 Å². The van der Waals surface area contributed by atoms with Crippen LogP contribution in [0.3, 0.4) is 0 Å². The number of carbonyl (C=O) groups excluding carboxylic acids is 2. The van der Waals surface area contributed by atoms with Crippen molar-refractivity contribution in [2.24, 2.45) is 5.92 Å². The number of rotatable bonds is 10. The minimum Gasteiger partial charge on any atom is -0.494 e. The molecule has 5 nitrogen and oxygen atoms in total. The Morgan fingerprint density at radius 1 is 0.906 bits per heavy atom. The van der Waals surface area contributed by atoms with E-state index in [1.807, 2.05) is 17.0 Å². The van der Waals surface area contributed by atoms with Gasteiger partial charge in [-0.2, -0.15) is 0 Å². The Balaban J connectivity index is 1.46. The number of nitrogens with zero attached hydrogens (tertiary/aromatic N) is 1. The van der Waals surface area contributed by atoms with E-state index in [0.717, 1.165) is 38.1 Å². The molecular weight excluding hydrogens is 400 g/mol. The summed E-state index contributed by atoms with van der Waals surface area (Å²) in [5, 5.41) is 2.90. The van der Waals surface area contributed by atoms with Crippen LogP contribution in [0.1, 0.15) is 79.5 Å². The van der Waals surface area contributed by atoms with Crippen LogP contribution >= 0.6 is 0 Å². The lowest BCUT2D eigenvalue weighted by Gasteiger charge is -2.30. The van der Waals surface area contributed by atoms with Gasteiger partial charge in [-0.05, 0) is 73.7 Å². The highest BCUT2D eigenvalue weighted by molar-refractivity contribution is 6.04. The third-order valence-electron chi connectivity index (χ3n) is 6.09. The Kier molecular flexibility index (Phi) is 9.14. The molecule has 172 valence electrons. The van der Waals surface area contributed by atoms with Crippen LogP contribution in [0.4, 0.5) is 5.69 Å². The summed E-state index contributed by atoms with van der Waals surface area (Å²) in [6, 6.07) is 14.4. The summed E-state index contributed by atoms with van der Waals surface area (Å²) in [7, 11) is 0. The van der Waals surface area contributed by atoms with Crippen molar-refractivity contribution < 1.29 is 14.3 Å². The maximum absolute atomic E-state index is 12.7. The Bertz CT molecular complexity index is 853. The number of carbonyl (C=O) groups is 2. The van der Waals surface area contributed by atoms with Gasteiger partial charge in [-0.15, -0.1) is 0 Å². The standard InChI is InChI=1S/C27H36N2O3/c1-3-4-5-6-7-20-32-25-14-10-22(11-15-25)26(30)28-24-12-8-23(9-13-24)27(31)29-18-16-21(2)17-19-29/h8-15,21H,3-7,16-20H2,1-2H3,(H,28,30). The van der Waals surface area contributed by atoms with Crippen molar-refractivity contribution in [2.75, 3.05) is 25.0 Å². The molecule has 0 bridgehead atoms. The number of anilines is 1. The molecule has 0 radical (unpaired) electrons. The maximum atomic E-state index is 12.7. The molecular formula is C27H36N2O3.